The second-order valence-electron chi connectivity index (χ2n) is 7.95. The predicted octanol–water partition coefficient (Wildman–Crippen LogP) is 3.68. The Kier molecular flexibility index (Phi) is 6.34. The number of pyridine rings is 1. The molecule has 0 aliphatic rings. The molecule has 2 aromatic carbocycles. The third-order valence-electron chi connectivity index (χ3n) is 4.26. The minimum Gasteiger partial charge on any atom is -0.340 e. The van der Waals surface area contributed by atoms with E-state index in [2.05, 4.69) is 15.0 Å². The molecule has 0 spiro atoms. The summed E-state index contributed by atoms with van der Waals surface area (Å²) in [4.78, 5) is 17.4. The fourth-order valence-electron chi connectivity index (χ4n) is 2.98. The van der Waals surface area contributed by atoms with Crippen LogP contribution in [0.1, 0.15) is 48.4 Å². The second-order valence-corrected chi connectivity index (χ2v) is 9.63. The van der Waals surface area contributed by atoms with Crippen LogP contribution in [-0.2, 0) is 10.0 Å². The van der Waals surface area contributed by atoms with E-state index in [-0.39, 0.29) is 10.8 Å². The second kappa shape index (κ2) is 8.77. The van der Waals surface area contributed by atoms with Crippen molar-refractivity contribution in [2.75, 3.05) is 0 Å². The molecule has 3 rings (SSSR count). The molecule has 1 amide bonds. The maximum Gasteiger partial charge on any atom is 0.252 e. The van der Waals surface area contributed by atoms with Gasteiger partial charge in [-0.15, -0.1) is 0 Å². The molecule has 7 heteroatoms. The minimum atomic E-state index is -3.66. The average molecular weight is 424 g/mol. The van der Waals surface area contributed by atoms with Crippen LogP contribution in [0.15, 0.2) is 83.9 Å². The highest BCUT2D eigenvalue weighted by Crippen LogP contribution is 2.21. The molecule has 0 saturated carbocycles. The molecular formula is C23H25N3O3S. The molecule has 156 valence electrons. The largest absolute Gasteiger partial charge is 0.340 e. The van der Waals surface area contributed by atoms with Gasteiger partial charge in [-0.1, -0.05) is 36.4 Å². The van der Waals surface area contributed by atoms with Gasteiger partial charge in [-0.2, -0.15) is 0 Å². The van der Waals surface area contributed by atoms with Gasteiger partial charge < -0.3 is 5.32 Å². The molecule has 0 radical (unpaired) electrons. The fraction of sp³-hybridized carbons (Fsp3) is 0.217. The van der Waals surface area contributed by atoms with Crippen LogP contribution in [0.25, 0.3) is 0 Å². The molecule has 0 aliphatic carbocycles. The van der Waals surface area contributed by atoms with Crippen LogP contribution in [0.3, 0.4) is 0 Å². The lowest BCUT2D eigenvalue weighted by molar-refractivity contribution is 0.0942. The van der Waals surface area contributed by atoms with Gasteiger partial charge in [0, 0.05) is 17.3 Å². The third kappa shape index (κ3) is 5.52. The van der Waals surface area contributed by atoms with Gasteiger partial charge in [0.15, 0.2) is 0 Å². The molecule has 0 bridgehead atoms. The third-order valence-corrected chi connectivity index (χ3v) is 6.03. The molecule has 0 fully saturated rings. The van der Waals surface area contributed by atoms with Gasteiger partial charge in [-0.25, -0.2) is 13.1 Å². The predicted molar refractivity (Wildman–Crippen MR) is 117 cm³/mol. The number of benzene rings is 2. The van der Waals surface area contributed by atoms with Crippen molar-refractivity contribution in [3.05, 3.63) is 95.8 Å². The number of sulfonamides is 1. The van der Waals surface area contributed by atoms with E-state index in [0.717, 1.165) is 5.56 Å². The van der Waals surface area contributed by atoms with Crippen LogP contribution in [0.2, 0.25) is 0 Å². The number of carbonyl (C=O) groups excluding carboxylic acids is 1. The Morgan fingerprint density at radius 2 is 1.53 bits per heavy atom. The zero-order chi connectivity index (χ0) is 21.8. The van der Waals surface area contributed by atoms with E-state index in [1.165, 1.54) is 24.3 Å². The van der Waals surface area contributed by atoms with E-state index in [1.54, 1.807) is 27.0 Å². The van der Waals surface area contributed by atoms with Gasteiger partial charge >= 0.3 is 0 Å². The lowest BCUT2D eigenvalue weighted by atomic mass is 10.0. The summed E-state index contributed by atoms with van der Waals surface area (Å²) in [6, 6.07) is 20.6. The monoisotopic (exact) mass is 423 g/mol. The van der Waals surface area contributed by atoms with Crippen molar-refractivity contribution in [3.8, 4) is 0 Å². The SMILES string of the molecule is CC(C)(C)NS(=O)(=O)c1ccc(C(=O)NC(c2ccccc2)c2ccccn2)cc1. The summed E-state index contributed by atoms with van der Waals surface area (Å²) in [5, 5.41) is 3.00. The maximum absolute atomic E-state index is 12.9. The van der Waals surface area contributed by atoms with Gasteiger partial charge in [-0.3, -0.25) is 9.78 Å². The van der Waals surface area contributed by atoms with Gasteiger partial charge in [0.05, 0.1) is 16.6 Å². The quantitative estimate of drug-likeness (QED) is 0.633. The number of nitrogens with one attached hydrogen (secondary N) is 2. The Bertz CT molecular complexity index is 1050. The zero-order valence-electron chi connectivity index (χ0n) is 17.2. The normalized spacial score (nSPS) is 12.9. The molecule has 1 heterocycles. The first-order valence-corrected chi connectivity index (χ1v) is 11.0. The molecule has 1 unspecified atom stereocenters. The lowest BCUT2D eigenvalue weighted by Gasteiger charge is -2.21. The molecule has 1 atom stereocenters. The molecular weight excluding hydrogens is 398 g/mol. The fourth-order valence-corrected chi connectivity index (χ4v) is 4.40. The summed E-state index contributed by atoms with van der Waals surface area (Å²) >= 11 is 0. The summed E-state index contributed by atoms with van der Waals surface area (Å²) in [6.45, 7) is 5.31. The van der Waals surface area contributed by atoms with Gasteiger partial charge in [0.25, 0.3) is 5.91 Å². The first kappa shape index (κ1) is 21.7. The van der Waals surface area contributed by atoms with E-state index in [0.29, 0.717) is 11.3 Å². The molecule has 0 saturated heterocycles. The minimum absolute atomic E-state index is 0.110. The highest BCUT2D eigenvalue weighted by atomic mass is 32.2. The van der Waals surface area contributed by atoms with Gasteiger partial charge in [-0.05, 0) is 62.7 Å². The van der Waals surface area contributed by atoms with Crippen molar-refractivity contribution in [1.82, 2.24) is 15.0 Å². The smallest absolute Gasteiger partial charge is 0.252 e. The molecule has 3 aromatic rings. The van der Waals surface area contributed by atoms with Crippen molar-refractivity contribution >= 4 is 15.9 Å². The van der Waals surface area contributed by atoms with Crippen LogP contribution in [0.5, 0.6) is 0 Å². The van der Waals surface area contributed by atoms with Crippen LogP contribution < -0.4 is 10.0 Å². The Morgan fingerprint density at radius 1 is 0.900 bits per heavy atom. The maximum atomic E-state index is 12.9. The summed E-state index contributed by atoms with van der Waals surface area (Å²) in [5.41, 5.74) is 1.38. The van der Waals surface area contributed by atoms with E-state index < -0.39 is 21.6 Å². The van der Waals surface area contributed by atoms with Crippen molar-refractivity contribution in [2.45, 2.75) is 37.2 Å². The molecule has 6 nitrogen and oxygen atoms in total. The number of nitrogens with zero attached hydrogens (tertiary/aromatic N) is 1. The van der Waals surface area contributed by atoms with E-state index in [4.69, 9.17) is 0 Å². The highest BCUT2D eigenvalue weighted by molar-refractivity contribution is 7.89. The number of carbonyl (C=O) groups is 1. The molecule has 1 aromatic heterocycles. The van der Waals surface area contributed by atoms with Crippen LogP contribution >= 0.6 is 0 Å². The topological polar surface area (TPSA) is 88.2 Å². The number of aromatic nitrogens is 1. The summed E-state index contributed by atoms with van der Waals surface area (Å²) < 4.78 is 27.5. The van der Waals surface area contributed by atoms with Crippen LogP contribution in [0.4, 0.5) is 0 Å². The number of rotatable bonds is 6. The number of hydrogen-bond acceptors (Lipinski definition) is 4. The standard InChI is InChI=1S/C23H25N3O3S/c1-23(2,3)26-30(28,29)19-14-12-18(13-15-19)22(27)25-21(17-9-5-4-6-10-17)20-11-7-8-16-24-20/h4-16,21,26H,1-3H3,(H,25,27). The van der Waals surface area contributed by atoms with Crippen molar-refractivity contribution in [2.24, 2.45) is 0 Å². The first-order valence-electron chi connectivity index (χ1n) is 9.56. The van der Waals surface area contributed by atoms with Crippen molar-refractivity contribution in [3.63, 3.8) is 0 Å². The number of hydrogen-bond donors (Lipinski definition) is 2. The van der Waals surface area contributed by atoms with E-state index >= 15 is 0 Å². The van der Waals surface area contributed by atoms with E-state index in [1.807, 2.05) is 48.5 Å². The number of amides is 1. The molecule has 0 aliphatic heterocycles. The molecule has 30 heavy (non-hydrogen) atoms. The summed E-state index contributed by atoms with van der Waals surface area (Å²) in [5.74, 6) is -0.317. The Labute approximate surface area is 177 Å². The van der Waals surface area contributed by atoms with Crippen LogP contribution in [0, 0.1) is 0 Å². The Hall–Kier alpha value is -3.03. The average Bonchev–Trinajstić information content (AvgIpc) is 2.71. The Morgan fingerprint density at radius 3 is 2.10 bits per heavy atom. The summed E-state index contributed by atoms with van der Waals surface area (Å²) in [6.07, 6.45) is 1.68. The zero-order valence-corrected chi connectivity index (χ0v) is 18.0. The van der Waals surface area contributed by atoms with Crippen LogP contribution in [-0.4, -0.2) is 24.8 Å². The highest BCUT2D eigenvalue weighted by Gasteiger charge is 2.23. The first-order chi connectivity index (χ1) is 14.2. The van der Waals surface area contributed by atoms with Gasteiger partial charge in [0.1, 0.15) is 0 Å². The Balaban J connectivity index is 1.83. The van der Waals surface area contributed by atoms with Crippen molar-refractivity contribution < 1.29 is 13.2 Å². The van der Waals surface area contributed by atoms with E-state index in [9.17, 15) is 13.2 Å². The summed E-state index contributed by atoms with van der Waals surface area (Å²) in [7, 11) is -3.66. The van der Waals surface area contributed by atoms with Gasteiger partial charge in [0.2, 0.25) is 10.0 Å². The molecule has 2 N–H and O–H groups in total. The van der Waals surface area contributed by atoms with Crippen molar-refractivity contribution in [1.29, 1.82) is 0 Å². The lowest BCUT2D eigenvalue weighted by Crippen LogP contribution is -2.40.